The molecule has 5 heteroatoms. The molecule has 1 aliphatic rings. The second-order valence-electron chi connectivity index (χ2n) is 5.68. The van der Waals surface area contributed by atoms with E-state index in [1.807, 2.05) is 23.9 Å². The van der Waals surface area contributed by atoms with E-state index >= 15 is 0 Å². The Labute approximate surface area is 137 Å². The monoisotopic (exact) mass is 322 g/mol. The Balaban J connectivity index is 1.69. The molecular formula is C18H14N2O2S. The first kappa shape index (κ1) is 14.2. The SMILES string of the molecule is O=[N+]([O-])c1ccc(SC2Cc3ccccc3C2)c2ccncc12. The van der Waals surface area contributed by atoms with E-state index < -0.39 is 0 Å². The first-order chi connectivity index (χ1) is 11.2. The molecule has 0 fully saturated rings. The summed E-state index contributed by atoms with van der Waals surface area (Å²) in [6, 6.07) is 13.9. The summed E-state index contributed by atoms with van der Waals surface area (Å²) in [6.45, 7) is 0. The maximum absolute atomic E-state index is 11.2. The van der Waals surface area contributed by atoms with Crippen molar-refractivity contribution < 1.29 is 4.92 Å². The third-order valence-corrected chi connectivity index (χ3v) is 5.54. The molecule has 0 atom stereocenters. The van der Waals surface area contributed by atoms with E-state index in [2.05, 4.69) is 29.2 Å². The third kappa shape index (κ3) is 2.57. The number of hydrogen-bond acceptors (Lipinski definition) is 4. The molecule has 114 valence electrons. The summed E-state index contributed by atoms with van der Waals surface area (Å²) < 4.78 is 0. The number of hydrogen-bond donors (Lipinski definition) is 0. The number of non-ortho nitro benzene ring substituents is 1. The topological polar surface area (TPSA) is 56.0 Å². The molecule has 4 nitrogen and oxygen atoms in total. The van der Waals surface area contributed by atoms with Crippen LogP contribution in [0.4, 0.5) is 5.69 Å². The average Bonchev–Trinajstić information content (AvgIpc) is 2.97. The van der Waals surface area contributed by atoms with E-state index in [1.54, 1.807) is 18.5 Å². The molecule has 23 heavy (non-hydrogen) atoms. The second kappa shape index (κ2) is 5.66. The minimum Gasteiger partial charge on any atom is -0.264 e. The number of thioether (sulfide) groups is 1. The molecule has 1 aliphatic carbocycles. The van der Waals surface area contributed by atoms with Crippen LogP contribution < -0.4 is 0 Å². The Hall–Kier alpha value is -2.40. The quantitative estimate of drug-likeness (QED) is 0.529. The van der Waals surface area contributed by atoms with E-state index in [-0.39, 0.29) is 10.6 Å². The normalized spacial score (nSPS) is 14.1. The molecule has 0 amide bonds. The maximum atomic E-state index is 11.2. The lowest BCUT2D eigenvalue weighted by Gasteiger charge is -2.11. The lowest BCUT2D eigenvalue weighted by Crippen LogP contribution is -2.01. The average molecular weight is 322 g/mol. The van der Waals surface area contributed by atoms with Gasteiger partial charge in [-0.3, -0.25) is 15.1 Å². The van der Waals surface area contributed by atoms with Crippen LogP contribution in [0.1, 0.15) is 11.1 Å². The van der Waals surface area contributed by atoms with Gasteiger partial charge in [0, 0.05) is 34.0 Å². The predicted molar refractivity (Wildman–Crippen MR) is 91.9 cm³/mol. The van der Waals surface area contributed by atoms with Crippen molar-refractivity contribution in [3.8, 4) is 0 Å². The van der Waals surface area contributed by atoms with Crippen molar-refractivity contribution in [2.45, 2.75) is 23.0 Å². The molecule has 0 spiro atoms. The molecule has 2 aromatic carbocycles. The molecule has 1 heterocycles. The van der Waals surface area contributed by atoms with E-state index in [4.69, 9.17) is 0 Å². The lowest BCUT2D eigenvalue weighted by atomic mass is 10.1. The minimum atomic E-state index is -0.343. The van der Waals surface area contributed by atoms with Gasteiger partial charge in [0.1, 0.15) is 0 Å². The number of rotatable bonds is 3. The third-order valence-electron chi connectivity index (χ3n) is 4.26. The largest absolute Gasteiger partial charge is 0.278 e. The zero-order valence-electron chi connectivity index (χ0n) is 12.3. The number of benzene rings is 2. The van der Waals surface area contributed by atoms with Gasteiger partial charge in [-0.1, -0.05) is 24.3 Å². The molecule has 0 N–H and O–H groups in total. The van der Waals surface area contributed by atoms with E-state index in [9.17, 15) is 10.1 Å². The molecule has 1 aromatic heterocycles. The second-order valence-corrected chi connectivity index (χ2v) is 7.02. The molecule has 0 saturated carbocycles. The fourth-order valence-corrected chi connectivity index (χ4v) is 4.53. The van der Waals surface area contributed by atoms with Crippen molar-refractivity contribution in [1.29, 1.82) is 0 Å². The van der Waals surface area contributed by atoms with E-state index in [0.29, 0.717) is 10.6 Å². The number of aromatic nitrogens is 1. The van der Waals surface area contributed by atoms with Crippen LogP contribution in [0, 0.1) is 10.1 Å². The standard InChI is InChI=1S/C18H14N2O2S/c21-20(22)17-5-6-18(15-7-8-19-11-16(15)17)23-14-9-12-3-1-2-4-13(12)10-14/h1-8,11,14H,9-10H2. The van der Waals surface area contributed by atoms with Gasteiger partial charge in [0.15, 0.2) is 0 Å². The molecule has 0 radical (unpaired) electrons. The Kier molecular flexibility index (Phi) is 3.50. The van der Waals surface area contributed by atoms with Crippen molar-refractivity contribution in [2.75, 3.05) is 0 Å². The number of nitrogens with zero attached hydrogens (tertiary/aromatic N) is 2. The highest BCUT2D eigenvalue weighted by atomic mass is 32.2. The molecular weight excluding hydrogens is 308 g/mol. The maximum Gasteiger partial charge on any atom is 0.278 e. The van der Waals surface area contributed by atoms with Crippen molar-refractivity contribution in [1.82, 2.24) is 4.98 Å². The Morgan fingerprint density at radius 2 is 1.78 bits per heavy atom. The van der Waals surface area contributed by atoms with Crippen LogP contribution >= 0.6 is 11.8 Å². The van der Waals surface area contributed by atoms with Gasteiger partial charge in [-0.2, -0.15) is 0 Å². The van der Waals surface area contributed by atoms with Crippen LogP contribution in [0.15, 0.2) is 59.8 Å². The first-order valence-corrected chi connectivity index (χ1v) is 8.35. The van der Waals surface area contributed by atoms with Crippen molar-refractivity contribution in [3.05, 3.63) is 76.1 Å². The van der Waals surface area contributed by atoms with Gasteiger partial charge < -0.3 is 0 Å². The highest BCUT2D eigenvalue weighted by Gasteiger charge is 2.23. The summed E-state index contributed by atoms with van der Waals surface area (Å²) in [7, 11) is 0. The van der Waals surface area contributed by atoms with Crippen molar-refractivity contribution in [2.24, 2.45) is 0 Å². The zero-order valence-corrected chi connectivity index (χ0v) is 13.1. The van der Waals surface area contributed by atoms with Crippen molar-refractivity contribution >= 4 is 28.2 Å². The zero-order chi connectivity index (χ0) is 15.8. The highest BCUT2D eigenvalue weighted by molar-refractivity contribution is 8.00. The van der Waals surface area contributed by atoms with E-state index in [0.717, 1.165) is 23.1 Å². The van der Waals surface area contributed by atoms with Gasteiger partial charge >= 0.3 is 0 Å². The number of nitro benzene ring substituents is 1. The molecule has 4 rings (SSSR count). The van der Waals surface area contributed by atoms with Crippen LogP contribution in [-0.4, -0.2) is 15.2 Å². The summed E-state index contributed by atoms with van der Waals surface area (Å²) in [5.74, 6) is 0. The highest BCUT2D eigenvalue weighted by Crippen LogP contribution is 2.39. The first-order valence-electron chi connectivity index (χ1n) is 7.47. The van der Waals surface area contributed by atoms with Crippen LogP contribution in [-0.2, 0) is 12.8 Å². The van der Waals surface area contributed by atoms with Gasteiger partial charge in [0.2, 0.25) is 0 Å². The van der Waals surface area contributed by atoms with Crippen LogP contribution in [0.5, 0.6) is 0 Å². The van der Waals surface area contributed by atoms with Crippen LogP contribution in [0.2, 0.25) is 0 Å². The number of nitro groups is 1. The molecule has 3 aromatic rings. The van der Waals surface area contributed by atoms with Crippen LogP contribution in [0.3, 0.4) is 0 Å². The van der Waals surface area contributed by atoms with Gasteiger partial charge in [-0.25, -0.2) is 0 Å². The Morgan fingerprint density at radius 3 is 2.48 bits per heavy atom. The smallest absolute Gasteiger partial charge is 0.264 e. The molecule has 0 aliphatic heterocycles. The molecule has 0 saturated heterocycles. The summed E-state index contributed by atoms with van der Waals surface area (Å²) in [5, 5.41) is 13.2. The Bertz CT molecular complexity index is 885. The summed E-state index contributed by atoms with van der Waals surface area (Å²) in [5.41, 5.74) is 2.95. The number of pyridine rings is 1. The van der Waals surface area contributed by atoms with Gasteiger partial charge in [-0.05, 0) is 36.1 Å². The fourth-order valence-electron chi connectivity index (χ4n) is 3.19. The summed E-state index contributed by atoms with van der Waals surface area (Å²) in [6.07, 6.45) is 5.37. The number of fused-ring (bicyclic) bond motifs is 2. The molecule has 0 bridgehead atoms. The van der Waals surface area contributed by atoms with Crippen LogP contribution in [0.25, 0.3) is 10.8 Å². The van der Waals surface area contributed by atoms with Gasteiger partial charge in [0.05, 0.1) is 10.3 Å². The predicted octanol–water partition coefficient (Wildman–Crippen LogP) is 4.40. The lowest BCUT2D eigenvalue weighted by molar-refractivity contribution is -0.383. The van der Waals surface area contributed by atoms with E-state index in [1.165, 1.54) is 11.1 Å². The summed E-state index contributed by atoms with van der Waals surface area (Å²) >= 11 is 1.81. The minimum absolute atomic E-state index is 0.118. The van der Waals surface area contributed by atoms with Crippen molar-refractivity contribution in [3.63, 3.8) is 0 Å². The fraction of sp³-hybridized carbons (Fsp3) is 0.167. The van der Waals surface area contributed by atoms with Gasteiger partial charge in [0.25, 0.3) is 5.69 Å². The Morgan fingerprint density at radius 1 is 1.04 bits per heavy atom. The molecule has 0 unspecified atom stereocenters. The van der Waals surface area contributed by atoms with Gasteiger partial charge in [-0.15, -0.1) is 11.8 Å². The summed E-state index contributed by atoms with van der Waals surface area (Å²) in [4.78, 5) is 16.0.